The normalized spacial score (nSPS) is 17.4. The first-order valence-electron chi connectivity index (χ1n) is 8.49. The second-order valence-electron chi connectivity index (χ2n) is 6.42. The van der Waals surface area contributed by atoms with Crippen molar-refractivity contribution in [3.63, 3.8) is 0 Å². The van der Waals surface area contributed by atoms with Crippen molar-refractivity contribution < 1.29 is 9.13 Å². The standard InChI is InChI=1S/C18H16FN5OS/c19-13-1-2-14-15(9-13)26-18(21-14)23-7-5-12(10-23)11-25-17-4-3-16-20-6-8-24(16)22-17/h1-4,6,8-9,12H,5,7,10-11H2. The SMILES string of the molecule is Fc1ccc2nc(N3CCC(COc4ccc5nccn5n4)C3)sc2c1. The molecule has 1 unspecified atom stereocenters. The monoisotopic (exact) mass is 369 g/mol. The van der Waals surface area contributed by atoms with Crippen LogP contribution in [0.25, 0.3) is 15.9 Å². The molecular formula is C18H16FN5OS. The lowest BCUT2D eigenvalue weighted by molar-refractivity contribution is 0.249. The zero-order chi connectivity index (χ0) is 17.5. The van der Waals surface area contributed by atoms with Crippen LogP contribution in [0.1, 0.15) is 6.42 Å². The van der Waals surface area contributed by atoms with E-state index in [4.69, 9.17) is 4.74 Å². The van der Waals surface area contributed by atoms with Gasteiger partial charge in [-0.2, -0.15) is 0 Å². The highest BCUT2D eigenvalue weighted by molar-refractivity contribution is 7.22. The quantitative estimate of drug-likeness (QED) is 0.552. The molecule has 0 spiro atoms. The van der Waals surface area contributed by atoms with Crippen LogP contribution in [0.4, 0.5) is 9.52 Å². The fourth-order valence-corrected chi connectivity index (χ4v) is 4.27. The van der Waals surface area contributed by atoms with E-state index >= 15 is 0 Å². The van der Waals surface area contributed by atoms with Crippen LogP contribution >= 0.6 is 11.3 Å². The van der Waals surface area contributed by atoms with Gasteiger partial charge in [-0.3, -0.25) is 0 Å². The van der Waals surface area contributed by atoms with Gasteiger partial charge >= 0.3 is 0 Å². The van der Waals surface area contributed by atoms with Crippen LogP contribution in [0, 0.1) is 11.7 Å². The van der Waals surface area contributed by atoms with Gasteiger partial charge in [-0.1, -0.05) is 11.3 Å². The molecule has 0 bridgehead atoms. The Morgan fingerprint density at radius 2 is 2.23 bits per heavy atom. The number of benzene rings is 1. The molecule has 0 aliphatic carbocycles. The van der Waals surface area contributed by atoms with Crippen LogP contribution < -0.4 is 9.64 Å². The fraction of sp³-hybridized carbons (Fsp3) is 0.278. The fourth-order valence-electron chi connectivity index (χ4n) is 3.24. The van der Waals surface area contributed by atoms with Gasteiger partial charge in [0.1, 0.15) is 5.82 Å². The van der Waals surface area contributed by atoms with Crippen molar-refractivity contribution in [3.8, 4) is 5.88 Å². The first kappa shape index (κ1) is 15.5. The molecule has 0 N–H and O–H groups in total. The Morgan fingerprint density at radius 3 is 3.19 bits per heavy atom. The summed E-state index contributed by atoms with van der Waals surface area (Å²) in [5.74, 6) is 0.797. The third kappa shape index (κ3) is 2.86. The van der Waals surface area contributed by atoms with Crippen LogP contribution in [0.5, 0.6) is 5.88 Å². The first-order chi connectivity index (χ1) is 12.7. The number of halogens is 1. The zero-order valence-electron chi connectivity index (χ0n) is 13.9. The molecule has 4 aromatic rings. The number of hydrogen-bond acceptors (Lipinski definition) is 6. The summed E-state index contributed by atoms with van der Waals surface area (Å²) in [6.45, 7) is 2.43. The van der Waals surface area contributed by atoms with Crippen LogP contribution in [0.3, 0.4) is 0 Å². The highest BCUT2D eigenvalue weighted by Gasteiger charge is 2.25. The molecular weight excluding hydrogens is 353 g/mol. The van der Waals surface area contributed by atoms with Gasteiger partial charge in [-0.05, 0) is 30.7 Å². The molecule has 1 atom stereocenters. The van der Waals surface area contributed by atoms with Crippen LogP contribution in [0.15, 0.2) is 42.7 Å². The van der Waals surface area contributed by atoms with Crippen molar-refractivity contribution in [1.82, 2.24) is 19.6 Å². The molecule has 1 saturated heterocycles. The average Bonchev–Trinajstić information content (AvgIpc) is 3.37. The largest absolute Gasteiger partial charge is 0.476 e. The summed E-state index contributed by atoms with van der Waals surface area (Å²) in [5.41, 5.74) is 1.65. The van der Waals surface area contributed by atoms with Crippen molar-refractivity contribution in [2.24, 2.45) is 5.92 Å². The summed E-state index contributed by atoms with van der Waals surface area (Å²) < 4.78 is 21.8. The van der Waals surface area contributed by atoms with Crippen molar-refractivity contribution in [2.75, 3.05) is 24.6 Å². The van der Waals surface area contributed by atoms with Gasteiger partial charge in [-0.25, -0.2) is 18.9 Å². The lowest BCUT2D eigenvalue weighted by Gasteiger charge is -2.15. The summed E-state index contributed by atoms with van der Waals surface area (Å²) in [6.07, 6.45) is 4.55. The first-order valence-corrected chi connectivity index (χ1v) is 9.30. The summed E-state index contributed by atoms with van der Waals surface area (Å²) in [4.78, 5) is 11.1. The van der Waals surface area contributed by atoms with Gasteiger partial charge in [0, 0.05) is 37.5 Å². The molecule has 1 aliphatic rings. The highest BCUT2D eigenvalue weighted by atomic mass is 32.1. The predicted octanol–water partition coefficient (Wildman–Crippen LogP) is 3.38. The average molecular weight is 369 g/mol. The molecule has 0 amide bonds. The number of thiazole rings is 1. The lowest BCUT2D eigenvalue weighted by atomic mass is 10.1. The third-order valence-corrected chi connectivity index (χ3v) is 5.67. The molecule has 6 nitrogen and oxygen atoms in total. The van der Waals surface area contributed by atoms with E-state index in [1.54, 1.807) is 29.0 Å². The third-order valence-electron chi connectivity index (χ3n) is 4.59. The van der Waals surface area contributed by atoms with E-state index < -0.39 is 0 Å². The van der Waals surface area contributed by atoms with Gasteiger partial charge in [0.15, 0.2) is 10.8 Å². The maximum absolute atomic E-state index is 13.4. The number of fused-ring (bicyclic) bond motifs is 2. The molecule has 3 aromatic heterocycles. The van der Waals surface area contributed by atoms with Crippen LogP contribution in [0.2, 0.25) is 0 Å². The number of rotatable bonds is 4. The molecule has 4 heterocycles. The molecule has 1 aliphatic heterocycles. The Morgan fingerprint density at radius 1 is 1.27 bits per heavy atom. The Balaban J connectivity index is 1.24. The maximum atomic E-state index is 13.4. The van der Waals surface area contributed by atoms with Gasteiger partial charge in [0.2, 0.25) is 5.88 Å². The van der Waals surface area contributed by atoms with E-state index in [9.17, 15) is 4.39 Å². The molecule has 0 radical (unpaired) electrons. The van der Waals surface area contributed by atoms with Crippen molar-refractivity contribution >= 4 is 32.3 Å². The number of nitrogens with zero attached hydrogens (tertiary/aromatic N) is 5. The van der Waals surface area contributed by atoms with E-state index in [1.807, 2.05) is 12.1 Å². The summed E-state index contributed by atoms with van der Waals surface area (Å²) in [7, 11) is 0. The Labute approximate surface area is 152 Å². The summed E-state index contributed by atoms with van der Waals surface area (Å²) >= 11 is 1.54. The topological polar surface area (TPSA) is 55.5 Å². The van der Waals surface area contributed by atoms with Crippen LogP contribution in [-0.2, 0) is 0 Å². The van der Waals surface area contributed by atoms with Crippen molar-refractivity contribution in [1.29, 1.82) is 0 Å². The molecule has 5 rings (SSSR count). The minimum absolute atomic E-state index is 0.220. The zero-order valence-corrected chi connectivity index (χ0v) is 14.7. The van der Waals surface area contributed by atoms with E-state index in [2.05, 4.69) is 20.0 Å². The Hall–Kier alpha value is -2.74. The van der Waals surface area contributed by atoms with Gasteiger partial charge in [0.25, 0.3) is 0 Å². The molecule has 1 fully saturated rings. The lowest BCUT2D eigenvalue weighted by Crippen LogP contribution is -2.21. The minimum atomic E-state index is -0.220. The molecule has 8 heteroatoms. The smallest absolute Gasteiger partial charge is 0.231 e. The Bertz CT molecular complexity index is 1080. The second kappa shape index (κ2) is 6.21. The van der Waals surface area contributed by atoms with E-state index in [0.717, 1.165) is 40.5 Å². The number of imidazole rings is 1. The van der Waals surface area contributed by atoms with E-state index in [-0.39, 0.29) is 5.82 Å². The summed E-state index contributed by atoms with van der Waals surface area (Å²) in [6, 6.07) is 8.47. The van der Waals surface area contributed by atoms with Crippen molar-refractivity contribution in [2.45, 2.75) is 6.42 Å². The number of aromatic nitrogens is 4. The van der Waals surface area contributed by atoms with E-state index in [1.165, 1.54) is 17.4 Å². The van der Waals surface area contributed by atoms with Gasteiger partial charge in [-0.15, -0.1) is 5.10 Å². The molecule has 0 saturated carbocycles. The van der Waals surface area contributed by atoms with Gasteiger partial charge < -0.3 is 9.64 Å². The molecule has 1 aromatic carbocycles. The number of anilines is 1. The Kier molecular flexibility index (Phi) is 3.70. The van der Waals surface area contributed by atoms with Crippen molar-refractivity contribution in [3.05, 3.63) is 48.5 Å². The molecule has 26 heavy (non-hydrogen) atoms. The summed E-state index contributed by atoms with van der Waals surface area (Å²) in [5, 5.41) is 5.33. The number of ether oxygens (including phenoxy) is 1. The van der Waals surface area contributed by atoms with Crippen LogP contribution in [-0.4, -0.2) is 39.3 Å². The second-order valence-corrected chi connectivity index (χ2v) is 7.43. The number of hydrogen-bond donors (Lipinski definition) is 0. The predicted molar refractivity (Wildman–Crippen MR) is 98.4 cm³/mol. The van der Waals surface area contributed by atoms with Gasteiger partial charge in [0.05, 0.1) is 16.8 Å². The maximum Gasteiger partial charge on any atom is 0.231 e. The van der Waals surface area contributed by atoms with E-state index in [0.29, 0.717) is 18.4 Å². The molecule has 132 valence electrons. The highest BCUT2D eigenvalue weighted by Crippen LogP contribution is 2.32. The minimum Gasteiger partial charge on any atom is -0.476 e.